The first-order valence-corrected chi connectivity index (χ1v) is 12.9. The zero-order valence-corrected chi connectivity index (χ0v) is 21.1. The molecule has 1 aromatic rings. The summed E-state index contributed by atoms with van der Waals surface area (Å²) in [6.07, 6.45) is 1.87. The molecular weight excluding hydrogens is 454 g/mol. The quantitative estimate of drug-likeness (QED) is 0.492. The topological polar surface area (TPSA) is 108 Å². The Morgan fingerprint density at radius 3 is 2.56 bits per heavy atom. The number of fused-ring (bicyclic) bond motifs is 1. The van der Waals surface area contributed by atoms with E-state index in [-0.39, 0.29) is 30.4 Å². The van der Waals surface area contributed by atoms with Crippen molar-refractivity contribution in [2.45, 2.75) is 68.5 Å². The minimum absolute atomic E-state index is 0.0595. The number of carbonyl (C=O) groups is 3. The van der Waals surface area contributed by atoms with Crippen LogP contribution in [0.4, 0.5) is 5.69 Å². The van der Waals surface area contributed by atoms with E-state index in [0.717, 1.165) is 12.2 Å². The molecule has 1 aromatic carbocycles. The molecule has 4 rings (SSSR count). The molecule has 3 aliphatic rings. The molecule has 3 saturated heterocycles. The minimum atomic E-state index is -0.644. The van der Waals surface area contributed by atoms with Crippen LogP contribution in [0.2, 0.25) is 0 Å². The lowest BCUT2D eigenvalue weighted by Crippen LogP contribution is -2.54. The fourth-order valence-electron chi connectivity index (χ4n) is 5.99. The van der Waals surface area contributed by atoms with Gasteiger partial charge >= 0.3 is 0 Å². The van der Waals surface area contributed by atoms with Gasteiger partial charge < -0.3 is 25.4 Å². The van der Waals surface area contributed by atoms with E-state index < -0.39 is 27.4 Å². The third-order valence-electron chi connectivity index (χ3n) is 7.23. The molecule has 3 amide bonds. The van der Waals surface area contributed by atoms with Crippen LogP contribution in [0.25, 0.3) is 0 Å². The summed E-state index contributed by atoms with van der Waals surface area (Å²) in [5, 5.41) is 15.4. The first-order chi connectivity index (χ1) is 16.2. The normalized spacial score (nSPS) is 31.6. The van der Waals surface area contributed by atoms with Crippen LogP contribution in [0.3, 0.4) is 0 Å². The van der Waals surface area contributed by atoms with Gasteiger partial charge in [0, 0.05) is 29.6 Å². The van der Waals surface area contributed by atoms with E-state index in [1.54, 1.807) is 28.8 Å². The molecule has 3 heterocycles. The van der Waals surface area contributed by atoms with E-state index in [0.29, 0.717) is 31.7 Å². The van der Waals surface area contributed by atoms with Crippen LogP contribution in [0.1, 0.15) is 47.0 Å². The molecule has 0 saturated carbocycles. The molecule has 5 atom stereocenters. The predicted octanol–water partition coefficient (Wildman–Crippen LogP) is 2.41. The zero-order chi connectivity index (χ0) is 24.7. The number of amides is 3. The van der Waals surface area contributed by atoms with Gasteiger partial charge in [0.25, 0.3) is 0 Å². The smallest absolute Gasteiger partial charge is 0.244 e. The largest absolute Gasteiger partial charge is 0.494 e. The Labute approximate surface area is 205 Å². The molecule has 2 unspecified atom stereocenters. The van der Waals surface area contributed by atoms with Gasteiger partial charge in [-0.2, -0.15) is 0 Å². The number of thioether (sulfide) groups is 1. The SMILES string of the molecule is CCOc1ccc(NC(=O)[C@H]2[C@H]3C(=O)N(CCCO)C(C(=O)NC(C)C)C34CC[C@]2(C)S4)cc1. The van der Waals surface area contributed by atoms with E-state index in [4.69, 9.17) is 4.74 Å². The Hall–Kier alpha value is -2.26. The summed E-state index contributed by atoms with van der Waals surface area (Å²) in [4.78, 5) is 42.4. The summed E-state index contributed by atoms with van der Waals surface area (Å²) in [6.45, 7) is 8.56. The highest BCUT2D eigenvalue weighted by Crippen LogP contribution is 2.71. The molecule has 3 aliphatic heterocycles. The molecule has 0 aliphatic carbocycles. The van der Waals surface area contributed by atoms with Gasteiger partial charge in [-0.15, -0.1) is 11.8 Å². The number of ether oxygens (including phenoxy) is 1. The Morgan fingerprint density at radius 2 is 1.94 bits per heavy atom. The first kappa shape index (κ1) is 24.9. The van der Waals surface area contributed by atoms with Crippen molar-refractivity contribution < 1.29 is 24.2 Å². The van der Waals surface area contributed by atoms with Crippen molar-refractivity contribution in [3.05, 3.63) is 24.3 Å². The average molecular weight is 490 g/mol. The highest BCUT2D eigenvalue weighted by Gasteiger charge is 2.77. The molecule has 3 fully saturated rings. The Morgan fingerprint density at radius 1 is 1.24 bits per heavy atom. The maximum Gasteiger partial charge on any atom is 0.244 e. The van der Waals surface area contributed by atoms with Gasteiger partial charge in [0.1, 0.15) is 11.8 Å². The standard InChI is InChI=1S/C25H35N3O5S/c1-5-33-17-9-7-16(8-10-17)27-21(30)18-19-23(32)28(13-6-14-29)20(22(31)26-15(2)3)25(19)12-11-24(18,4)34-25/h7-10,15,18-20,29H,5-6,11-14H2,1-4H3,(H,26,31)(H,27,30)/t18-,19+,20?,24+,25?/m1/s1. The second-order valence-corrected chi connectivity index (χ2v) is 11.8. The lowest BCUT2D eigenvalue weighted by molar-refractivity contribution is -0.139. The number of anilines is 1. The number of aliphatic hydroxyl groups excluding tert-OH is 1. The van der Waals surface area contributed by atoms with Gasteiger partial charge in [-0.25, -0.2) is 0 Å². The zero-order valence-electron chi connectivity index (χ0n) is 20.3. The monoisotopic (exact) mass is 489 g/mol. The summed E-state index contributed by atoms with van der Waals surface area (Å²) < 4.78 is 4.42. The van der Waals surface area contributed by atoms with Gasteiger partial charge in [0.2, 0.25) is 17.7 Å². The number of carbonyl (C=O) groups excluding carboxylic acids is 3. The van der Waals surface area contributed by atoms with Gasteiger partial charge in [-0.1, -0.05) is 0 Å². The van der Waals surface area contributed by atoms with E-state index in [2.05, 4.69) is 17.6 Å². The van der Waals surface area contributed by atoms with E-state index in [1.807, 2.05) is 32.9 Å². The van der Waals surface area contributed by atoms with Gasteiger partial charge in [0.15, 0.2) is 0 Å². The maximum absolute atomic E-state index is 13.8. The van der Waals surface area contributed by atoms with E-state index in [1.165, 1.54) is 0 Å². The number of rotatable bonds is 9. The van der Waals surface area contributed by atoms with Crippen molar-refractivity contribution in [2.24, 2.45) is 11.8 Å². The van der Waals surface area contributed by atoms with E-state index in [9.17, 15) is 19.5 Å². The van der Waals surface area contributed by atoms with Gasteiger partial charge in [-0.05, 0) is 71.2 Å². The van der Waals surface area contributed by atoms with Crippen LogP contribution in [0, 0.1) is 11.8 Å². The second-order valence-electron chi connectivity index (χ2n) is 9.95. The number of hydrogen-bond acceptors (Lipinski definition) is 6. The summed E-state index contributed by atoms with van der Waals surface area (Å²) in [5.41, 5.74) is 0.649. The number of hydrogen-bond donors (Lipinski definition) is 3. The average Bonchev–Trinajstić information content (AvgIpc) is 3.34. The van der Waals surface area contributed by atoms with Crippen molar-refractivity contribution in [3.8, 4) is 5.75 Å². The molecular formula is C25H35N3O5S. The summed E-state index contributed by atoms with van der Waals surface area (Å²) >= 11 is 1.65. The predicted molar refractivity (Wildman–Crippen MR) is 132 cm³/mol. The van der Waals surface area contributed by atoms with Crippen LogP contribution in [0.5, 0.6) is 5.75 Å². The molecule has 2 bridgehead atoms. The molecule has 8 nitrogen and oxygen atoms in total. The van der Waals surface area contributed by atoms with Crippen LogP contribution in [0.15, 0.2) is 24.3 Å². The molecule has 0 aromatic heterocycles. The molecule has 34 heavy (non-hydrogen) atoms. The Kier molecular flexibility index (Phi) is 6.88. The molecule has 9 heteroatoms. The first-order valence-electron chi connectivity index (χ1n) is 12.1. The number of benzene rings is 1. The lowest BCUT2D eigenvalue weighted by atomic mass is 9.66. The van der Waals surface area contributed by atoms with Crippen molar-refractivity contribution in [2.75, 3.05) is 25.1 Å². The molecule has 0 radical (unpaired) electrons. The minimum Gasteiger partial charge on any atom is -0.494 e. The van der Waals surface area contributed by atoms with Crippen molar-refractivity contribution in [1.29, 1.82) is 0 Å². The highest BCUT2D eigenvalue weighted by molar-refractivity contribution is 8.02. The van der Waals surface area contributed by atoms with Gasteiger partial charge in [-0.3, -0.25) is 14.4 Å². The van der Waals surface area contributed by atoms with Crippen molar-refractivity contribution in [3.63, 3.8) is 0 Å². The molecule has 1 spiro atoms. The number of nitrogens with one attached hydrogen (secondary N) is 2. The third-order valence-corrected chi connectivity index (χ3v) is 9.21. The van der Waals surface area contributed by atoms with Crippen LogP contribution in [-0.2, 0) is 14.4 Å². The number of nitrogens with zero attached hydrogens (tertiary/aromatic N) is 1. The molecule has 3 N–H and O–H groups in total. The van der Waals surface area contributed by atoms with E-state index >= 15 is 0 Å². The maximum atomic E-state index is 13.8. The van der Waals surface area contributed by atoms with Crippen molar-refractivity contribution >= 4 is 35.2 Å². The Balaban J connectivity index is 1.64. The summed E-state index contributed by atoms with van der Waals surface area (Å²) in [7, 11) is 0. The summed E-state index contributed by atoms with van der Waals surface area (Å²) in [5.74, 6) is -0.898. The summed E-state index contributed by atoms with van der Waals surface area (Å²) in [6, 6.07) is 6.50. The second kappa shape index (κ2) is 9.41. The van der Waals surface area contributed by atoms with Crippen LogP contribution in [-0.4, -0.2) is 69.1 Å². The number of aliphatic hydroxyl groups is 1. The Bertz CT molecular complexity index is 954. The fraction of sp³-hybridized carbons (Fsp3) is 0.640. The number of likely N-dealkylation sites (tertiary alicyclic amines) is 1. The van der Waals surface area contributed by atoms with Crippen LogP contribution < -0.4 is 15.4 Å². The highest BCUT2D eigenvalue weighted by atomic mass is 32.2. The van der Waals surface area contributed by atoms with Crippen molar-refractivity contribution in [1.82, 2.24) is 10.2 Å². The lowest BCUT2D eigenvalue weighted by Gasteiger charge is -2.35. The fourth-order valence-corrected chi connectivity index (χ4v) is 8.35. The molecule has 186 valence electrons. The van der Waals surface area contributed by atoms with Gasteiger partial charge in [0.05, 0.1) is 23.2 Å². The van der Waals surface area contributed by atoms with Crippen LogP contribution >= 0.6 is 11.8 Å². The third kappa shape index (κ3) is 4.06.